The van der Waals surface area contributed by atoms with Crippen LogP contribution in [0.2, 0.25) is 0 Å². The number of hydrogen-bond donors (Lipinski definition) is 2. The van der Waals surface area contributed by atoms with Crippen LogP contribution in [0.15, 0.2) is 42.7 Å². The monoisotopic (exact) mass is 541 g/mol. The smallest absolute Gasteiger partial charge is 0.255 e. The number of ether oxygens (including phenoxy) is 2. The molecule has 0 saturated heterocycles. The summed E-state index contributed by atoms with van der Waals surface area (Å²) in [6, 6.07) is 12.0. The second-order valence-electron chi connectivity index (χ2n) is 11.0. The normalized spacial score (nSPS) is 17.5. The molecule has 3 aliphatic rings. The fourth-order valence-corrected chi connectivity index (χ4v) is 6.24. The molecule has 2 amide bonds. The number of fused-ring (bicyclic) bond motifs is 2. The highest BCUT2D eigenvalue weighted by Crippen LogP contribution is 2.51. The van der Waals surface area contributed by atoms with Gasteiger partial charge in [0.25, 0.3) is 5.91 Å². The number of anilines is 3. The lowest BCUT2D eigenvalue weighted by atomic mass is 9.76. The van der Waals surface area contributed by atoms with E-state index < -0.39 is 0 Å². The second-order valence-corrected chi connectivity index (χ2v) is 11.0. The molecule has 9 heteroatoms. The Morgan fingerprint density at radius 2 is 1.75 bits per heavy atom. The number of nitrogens with one attached hydrogen (secondary N) is 2. The average Bonchev–Trinajstić information content (AvgIpc) is 3.79. The van der Waals surface area contributed by atoms with E-state index in [-0.39, 0.29) is 23.3 Å². The van der Waals surface area contributed by atoms with E-state index in [9.17, 15) is 9.59 Å². The van der Waals surface area contributed by atoms with Gasteiger partial charge >= 0.3 is 0 Å². The van der Waals surface area contributed by atoms with E-state index in [1.54, 1.807) is 7.11 Å². The van der Waals surface area contributed by atoms with Gasteiger partial charge in [-0.15, -0.1) is 0 Å². The van der Waals surface area contributed by atoms with Crippen molar-refractivity contribution in [2.75, 3.05) is 24.9 Å². The van der Waals surface area contributed by atoms with Crippen LogP contribution in [0.25, 0.3) is 0 Å². The molecule has 2 fully saturated rings. The third kappa shape index (κ3) is 4.63. The van der Waals surface area contributed by atoms with Gasteiger partial charge in [-0.25, -0.2) is 9.97 Å². The Labute approximate surface area is 234 Å². The van der Waals surface area contributed by atoms with Gasteiger partial charge in [0.15, 0.2) is 11.6 Å². The van der Waals surface area contributed by atoms with Crippen LogP contribution in [0.3, 0.4) is 0 Å². The van der Waals surface area contributed by atoms with E-state index >= 15 is 0 Å². The Bertz CT molecular complexity index is 1440. The van der Waals surface area contributed by atoms with Crippen LogP contribution in [0.4, 0.5) is 17.3 Å². The van der Waals surface area contributed by atoms with Gasteiger partial charge in [0.1, 0.15) is 12.1 Å². The first-order chi connectivity index (χ1) is 19.4. The molecule has 1 spiro atoms. The van der Waals surface area contributed by atoms with E-state index in [0.29, 0.717) is 23.9 Å². The van der Waals surface area contributed by atoms with Crippen LogP contribution in [0, 0.1) is 12.8 Å². The topological polar surface area (TPSA) is 106 Å². The maximum Gasteiger partial charge on any atom is 0.255 e. The number of methoxy groups -OCH3 is 2. The Kier molecular flexibility index (Phi) is 6.82. The minimum absolute atomic E-state index is 0.0421. The number of hydrogen-bond acceptors (Lipinski definition) is 7. The van der Waals surface area contributed by atoms with Crippen molar-refractivity contribution in [1.82, 2.24) is 14.9 Å². The number of aromatic nitrogens is 2. The van der Waals surface area contributed by atoms with Crippen LogP contribution < -0.4 is 20.1 Å². The minimum Gasteiger partial charge on any atom is -0.497 e. The summed E-state index contributed by atoms with van der Waals surface area (Å²) < 4.78 is 11.0. The maximum atomic E-state index is 14.0. The van der Waals surface area contributed by atoms with Crippen LogP contribution in [-0.4, -0.2) is 40.9 Å². The second kappa shape index (κ2) is 10.4. The SMILES string of the molecule is COc1ccc(CN2C(=O)c3c(C)cc(Nc4ncnc(NC(=O)C5CC5)c4OC)cc3C23CCCCC3)cc1. The Balaban J connectivity index is 1.34. The number of benzene rings is 2. The first kappa shape index (κ1) is 26.1. The van der Waals surface area contributed by atoms with Crippen LogP contribution in [0.1, 0.15) is 72.0 Å². The first-order valence-electron chi connectivity index (χ1n) is 14.0. The van der Waals surface area contributed by atoms with Gasteiger partial charge < -0.3 is 25.0 Å². The maximum absolute atomic E-state index is 14.0. The summed E-state index contributed by atoms with van der Waals surface area (Å²) in [5.41, 5.74) is 4.33. The zero-order valence-electron chi connectivity index (χ0n) is 23.3. The molecule has 6 rings (SSSR count). The molecule has 1 aromatic heterocycles. The summed E-state index contributed by atoms with van der Waals surface area (Å²) in [6.45, 7) is 2.54. The number of aryl methyl sites for hydroxylation is 1. The molecular formula is C31H35N5O4. The molecule has 0 atom stereocenters. The van der Waals surface area contributed by atoms with Crippen molar-refractivity contribution < 1.29 is 19.1 Å². The van der Waals surface area contributed by atoms with Gasteiger partial charge in [0.2, 0.25) is 11.7 Å². The summed E-state index contributed by atoms with van der Waals surface area (Å²) >= 11 is 0. The molecule has 0 radical (unpaired) electrons. The van der Waals surface area contributed by atoms with Gasteiger partial charge in [-0.05, 0) is 73.6 Å². The van der Waals surface area contributed by atoms with E-state index in [2.05, 4.69) is 31.6 Å². The number of carbonyl (C=O) groups is 2. The molecule has 2 aliphatic carbocycles. The largest absolute Gasteiger partial charge is 0.497 e. The summed E-state index contributed by atoms with van der Waals surface area (Å²) in [7, 11) is 3.19. The number of nitrogens with zero attached hydrogens (tertiary/aromatic N) is 3. The molecule has 1 aliphatic heterocycles. The standard InChI is InChI=1S/C31H35N5O4/c1-19-15-22(34-27-26(40-3)28(33-18-32-27)35-29(37)21-9-10-21)16-24-25(19)30(38)36(31(24)13-5-4-6-14-31)17-20-7-11-23(39-2)12-8-20/h7-8,11-12,15-16,18,21H,4-6,9-10,13-14,17H2,1-3H3,(H2,32,33,34,35,37). The van der Waals surface area contributed by atoms with E-state index in [0.717, 1.165) is 72.2 Å². The lowest BCUT2D eigenvalue weighted by Crippen LogP contribution is -2.44. The van der Waals surface area contributed by atoms with Gasteiger partial charge in [0, 0.05) is 23.7 Å². The lowest BCUT2D eigenvalue weighted by molar-refractivity contribution is -0.117. The van der Waals surface area contributed by atoms with Crippen molar-refractivity contribution >= 4 is 29.1 Å². The minimum atomic E-state index is -0.355. The van der Waals surface area contributed by atoms with Crippen LogP contribution in [0.5, 0.6) is 11.5 Å². The van der Waals surface area contributed by atoms with Gasteiger partial charge in [-0.1, -0.05) is 31.4 Å². The molecule has 9 nitrogen and oxygen atoms in total. The average molecular weight is 542 g/mol. The molecule has 2 saturated carbocycles. The zero-order valence-corrected chi connectivity index (χ0v) is 23.3. The van der Waals surface area contributed by atoms with Gasteiger partial charge in [-0.3, -0.25) is 9.59 Å². The summed E-state index contributed by atoms with van der Waals surface area (Å²) in [5, 5.41) is 6.27. The zero-order chi connectivity index (χ0) is 27.9. The summed E-state index contributed by atoms with van der Waals surface area (Å²) in [6.07, 6.45) is 8.39. The Hall–Kier alpha value is -4.14. The molecule has 2 N–H and O–H groups in total. The van der Waals surface area contributed by atoms with Crippen molar-refractivity contribution in [2.24, 2.45) is 5.92 Å². The van der Waals surface area contributed by atoms with Gasteiger partial charge in [0.05, 0.1) is 19.8 Å². The molecule has 2 heterocycles. The molecule has 0 bridgehead atoms. The van der Waals surface area contributed by atoms with Crippen molar-refractivity contribution in [3.05, 3.63) is 65.0 Å². The highest BCUT2D eigenvalue weighted by molar-refractivity contribution is 6.02. The number of carbonyl (C=O) groups excluding carboxylic acids is 2. The summed E-state index contributed by atoms with van der Waals surface area (Å²) in [4.78, 5) is 37.1. The van der Waals surface area contributed by atoms with E-state index in [1.165, 1.54) is 19.9 Å². The number of amides is 2. The van der Waals surface area contributed by atoms with E-state index in [1.807, 2.05) is 37.3 Å². The van der Waals surface area contributed by atoms with Crippen molar-refractivity contribution in [3.8, 4) is 11.5 Å². The predicted octanol–water partition coefficient (Wildman–Crippen LogP) is 5.71. The third-order valence-electron chi connectivity index (χ3n) is 8.45. The van der Waals surface area contributed by atoms with E-state index in [4.69, 9.17) is 9.47 Å². The highest BCUT2D eigenvalue weighted by atomic mass is 16.5. The van der Waals surface area contributed by atoms with Crippen molar-refractivity contribution in [2.45, 2.75) is 64.0 Å². The fourth-order valence-electron chi connectivity index (χ4n) is 6.24. The summed E-state index contributed by atoms with van der Waals surface area (Å²) in [5.74, 6) is 2.06. The lowest BCUT2D eigenvalue weighted by Gasteiger charge is -2.42. The van der Waals surface area contributed by atoms with Crippen LogP contribution in [-0.2, 0) is 16.9 Å². The molecule has 40 heavy (non-hydrogen) atoms. The molecule has 3 aromatic rings. The van der Waals surface area contributed by atoms with Crippen molar-refractivity contribution in [3.63, 3.8) is 0 Å². The Morgan fingerprint density at radius 3 is 2.42 bits per heavy atom. The number of rotatable bonds is 8. The molecule has 208 valence electrons. The first-order valence-corrected chi connectivity index (χ1v) is 14.0. The van der Waals surface area contributed by atoms with Gasteiger partial charge in [-0.2, -0.15) is 0 Å². The molecule has 0 unspecified atom stereocenters. The predicted molar refractivity (Wildman–Crippen MR) is 152 cm³/mol. The molecule has 2 aromatic carbocycles. The van der Waals surface area contributed by atoms with Crippen LogP contribution >= 0.6 is 0 Å². The Morgan fingerprint density at radius 1 is 1.02 bits per heavy atom. The fraction of sp³-hybridized carbons (Fsp3) is 0.419. The van der Waals surface area contributed by atoms with Crippen molar-refractivity contribution in [1.29, 1.82) is 0 Å². The third-order valence-corrected chi connectivity index (χ3v) is 8.45. The molecular weight excluding hydrogens is 506 g/mol. The quantitative estimate of drug-likeness (QED) is 0.376. The highest BCUT2D eigenvalue weighted by Gasteiger charge is 2.50.